The Labute approximate surface area is 139 Å². The SMILES string of the molecule is CN=C(NCCSC)NC(C)c1ccc(OCC(C)C)cc1. The zero-order valence-electron chi connectivity index (χ0n) is 14.3. The zero-order chi connectivity index (χ0) is 16.4. The average molecular weight is 324 g/mol. The van der Waals surface area contributed by atoms with Crippen LogP contribution in [0.4, 0.5) is 0 Å². The van der Waals surface area contributed by atoms with Crippen LogP contribution in [0, 0.1) is 5.92 Å². The molecule has 0 heterocycles. The molecule has 0 amide bonds. The molecule has 1 rings (SSSR count). The first-order valence-corrected chi connectivity index (χ1v) is 9.15. The van der Waals surface area contributed by atoms with Crippen LogP contribution >= 0.6 is 11.8 Å². The molecule has 0 spiro atoms. The van der Waals surface area contributed by atoms with Crippen molar-refractivity contribution in [3.63, 3.8) is 0 Å². The number of aliphatic imine (C=N–C) groups is 1. The molecule has 1 aromatic rings. The Balaban J connectivity index is 2.52. The molecular formula is C17H29N3OS. The molecule has 4 nitrogen and oxygen atoms in total. The van der Waals surface area contributed by atoms with Gasteiger partial charge in [0.25, 0.3) is 0 Å². The van der Waals surface area contributed by atoms with E-state index in [4.69, 9.17) is 4.74 Å². The molecule has 0 fully saturated rings. The lowest BCUT2D eigenvalue weighted by Gasteiger charge is -2.18. The summed E-state index contributed by atoms with van der Waals surface area (Å²) >= 11 is 1.82. The van der Waals surface area contributed by atoms with Gasteiger partial charge in [-0.3, -0.25) is 4.99 Å². The molecule has 0 radical (unpaired) electrons. The van der Waals surface area contributed by atoms with Crippen LogP contribution in [0.5, 0.6) is 5.75 Å². The Morgan fingerprint density at radius 3 is 2.45 bits per heavy atom. The monoisotopic (exact) mass is 323 g/mol. The summed E-state index contributed by atoms with van der Waals surface area (Å²) in [5, 5.41) is 6.71. The van der Waals surface area contributed by atoms with Crippen LogP contribution in [-0.4, -0.2) is 38.2 Å². The van der Waals surface area contributed by atoms with E-state index in [9.17, 15) is 0 Å². The predicted molar refractivity (Wildman–Crippen MR) is 98.1 cm³/mol. The zero-order valence-corrected chi connectivity index (χ0v) is 15.2. The number of benzene rings is 1. The third kappa shape index (κ3) is 7.07. The van der Waals surface area contributed by atoms with Crippen LogP contribution in [0.2, 0.25) is 0 Å². The Morgan fingerprint density at radius 2 is 1.91 bits per heavy atom. The lowest BCUT2D eigenvalue weighted by molar-refractivity contribution is 0.271. The molecule has 1 aromatic carbocycles. The number of nitrogens with zero attached hydrogens (tertiary/aromatic N) is 1. The van der Waals surface area contributed by atoms with Crippen molar-refractivity contribution in [2.24, 2.45) is 10.9 Å². The third-order valence-corrected chi connectivity index (χ3v) is 3.75. The van der Waals surface area contributed by atoms with Crippen molar-refractivity contribution >= 4 is 17.7 Å². The normalized spacial score (nSPS) is 13.1. The Bertz CT molecular complexity index is 446. The van der Waals surface area contributed by atoms with Crippen molar-refractivity contribution in [3.05, 3.63) is 29.8 Å². The minimum absolute atomic E-state index is 0.194. The number of ether oxygens (including phenoxy) is 1. The number of thioether (sulfide) groups is 1. The Hall–Kier alpha value is -1.36. The maximum Gasteiger partial charge on any atom is 0.191 e. The molecule has 124 valence electrons. The summed E-state index contributed by atoms with van der Waals surface area (Å²) < 4.78 is 5.71. The fourth-order valence-corrected chi connectivity index (χ4v) is 2.18. The number of hydrogen-bond donors (Lipinski definition) is 2. The van der Waals surface area contributed by atoms with E-state index in [-0.39, 0.29) is 6.04 Å². The molecule has 0 bridgehead atoms. The van der Waals surface area contributed by atoms with Gasteiger partial charge in [-0.2, -0.15) is 11.8 Å². The van der Waals surface area contributed by atoms with Crippen LogP contribution < -0.4 is 15.4 Å². The minimum Gasteiger partial charge on any atom is -0.493 e. The van der Waals surface area contributed by atoms with Gasteiger partial charge in [-0.1, -0.05) is 26.0 Å². The van der Waals surface area contributed by atoms with Crippen LogP contribution in [-0.2, 0) is 0 Å². The third-order valence-electron chi connectivity index (χ3n) is 3.14. The molecule has 5 heteroatoms. The van der Waals surface area contributed by atoms with Gasteiger partial charge >= 0.3 is 0 Å². The number of hydrogen-bond acceptors (Lipinski definition) is 3. The molecule has 0 aliphatic rings. The Morgan fingerprint density at radius 1 is 1.23 bits per heavy atom. The summed E-state index contributed by atoms with van der Waals surface area (Å²) in [4.78, 5) is 4.25. The standard InChI is InChI=1S/C17H29N3OS/c1-13(2)12-21-16-8-6-15(7-9-16)14(3)20-17(18-4)19-10-11-22-5/h6-9,13-14H,10-12H2,1-5H3,(H2,18,19,20). The largest absolute Gasteiger partial charge is 0.493 e. The van der Waals surface area contributed by atoms with Gasteiger partial charge in [-0.25, -0.2) is 0 Å². The fourth-order valence-electron chi connectivity index (χ4n) is 1.87. The van der Waals surface area contributed by atoms with Crippen LogP contribution in [0.3, 0.4) is 0 Å². The summed E-state index contributed by atoms with van der Waals surface area (Å²) in [6, 6.07) is 8.45. The van der Waals surface area contributed by atoms with Gasteiger partial charge in [0.2, 0.25) is 0 Å². The molecule has 0 saturated carbocycles. The lowest BCUT2D eigenvalue weighted by atomic mass is 10.1. The molecule has 0 aromatic heterocycles. The van der Waals surface area contributed by atoms with Crippen molar-refractivity contribution < 1.29 is 4.74 Å². The van der Waals surface area contributed by atoms with Crippen molar-refractivity contribution in [2.45, 2.75) is 26.8 Å². The molecular weight excluding hydrogens is 294 g/mol. The van der Waals surface area contributed by atoms with Gasteiger partial charge in [0, 0.05) is 19.3 Å². The highest BCUT2D eigenvalue weighted by molar-refractivity contribution is 7.98. The first kappa shape index (κ1) is 18.7. The van der Waals surface area contributed by atoms with Gasteiger partial charge in [0.05, 0.1) is 12.6 Å². The van der Waals surface area contributed by atoms with E-state index in [1.807, 2.05) is 23.9 Å². The van der Waals surface area contributed by atoms with E-state index in [1.54, 1.807) is 7.05 Å². The van der Waals surface area contributed by atoms with Crippen molar-refractivity contribution in [3.8, 4) is 5.75 Å². The summed E-state index contributed by atoms with van der Waals surface area (Å²) in [6.07, 6.45) is 2.10. The maximum atomic E-state index is 5.71. The minimum atomic E-state index is 0.194. The highest BCUT2D eigenvalue weighted by Crippen LogP contribution is 2.18. The van der Waals surface area contributed by atoms with Gasteiger partial charge in [-0.05, 0) is 36.8 Å². The summed E-state index contributed by atoms with van der Waals surface area (Å²) in [6.45, 7) is 8.09. The second kappa shape index (κ2) is 10.4. The molecule has 0 saturated heterocycles. The quantitative estimate of drug-likeness (QED) is 0.438. The fraction of sp³-hybridized carbons (Fsp3) is 0.588. The number of nitrogens with one attached hydrogen (secondary N) is 2. The number of guanidine groups is 1. The maximum absolute atomic E-state index is 5.71. The van der Waals surface area contributed by atoms with Crippen molar-refractivity contribution in [2.75, 3.05) is 32.2 Å². The molecule has 0 aliphatic carbocycles. The van der Waals surface area contributed by atoms with Crippen molar-refractivity contribution in [1.82, 2.24) is 10.6 Å². The highest BCUT2D eigenvalue weighted by atomic mass is 32.2. The Kier molecular flexibility index (Phi) is 8.82. The molecule has 1 unspecified atom stereocenters. The highest BCUT2D eigenvalue weighted by Gasteiger charge is 2.08. The molecule has 2 N–H and O–H groups in total. The summed E-state index contributed by atoms with van der Waals surface area (Å²) in [5.41, 5.74) is 1.21. The van der Waals surface area contributed by atoms with Crippen molar-refractivity contribution in [1.29, 1.82) is 0 Å². The first-order valence-electron chi connectivity index (χ1n) is 7.75. The van der Waals surface area contributed by atoms with Gasteiger partial charge in [0.15, 0.2) is 5.96 Å². The molecule has 0 aliphatic heterocycles. The molecule has 22 heavy (non-hydrogen) atoms. The first-order chi connectivity index (χ1) is 10.6. The van der Waals surface area contributed by atoms with E-state index in [0.717, 1.165) is 30.6 Å². The lowest BCUT2D eigenvalue weighted by Crippen LogP contribution is -2.39. The van der Waals surface area contributed by atoms with E-state index >= 15 is 0 Å². The van der Waals surface area contributed by atoms with Crippen LogP contribution in [0.15, 0.2) is 29.3 Å². The summed E-state index contributed by atoms with van der Waals surface area (Å²) in [5.74, 6) is 3.36. The topological polar surface area (TPSA) is 45.7 Å². The smallest absolute Gasteiger partial charge is 0.191 e. The van der Waals surface area contributed by atoms with Crippen LogP contribution in [0.25, 0.3) is 0 Å². The second-order valence-electron chi connectivity index (χ2n) is 5.63. The predicted octanol–water partition coefficient (Wildman–Crippen LogP) is 3.31. The van der Waals surface area contributed by atoms with E-state index in [1.165, 1.54) is 5.56 Å². The average Bonchev–Trinajstić information content (AvgIpc) is 2.52. The number of rotatable bonds is 8. The van der Waals surface area contributed by atoms with E-state index in [2.05, 4.69) is 54.8 Å². The van der Waals surface area contributed by atoms with E-state index < -0.39 is 0 Å². The van der Waals surface area contributed by atoms with Gasteiger partial charge < -0.3 is 15.4 Å². The van der Waals surface area contributed by atoms with Gasteiger partial charge in [0.1, 0.15) is 5.75 Å². The molecule has 1 atom stereocenters. The van der Waals surface area contributed by atoms with Gasteiger partial charge in [-0.15, -0.1) is 0 Å². The second-order valence-corrected chi connectivity index (χ2v) is 6.62. The van der Waals surface area contributed by atoms with E-state index in [0.29, 0.717) is 5.92 Å². The van der Waals surface area contributed by atoms with Crippen LogP contribution in [0.1, 0.15) is 32.4 Å². The summed E-state index contributed by atoms with van der Waals surface area (Å²) in [7, 11) is 1.80.